The summed E-state index contributed by atoms with van der Waals surface area (Å²) in [6.07, 6.45) is 0.460. The zero-order valence-corrected chi connectivity index (χ0v) is 19.3. The number of hydrogen-bond acceptors (Lipinski definition) is 6. The Kier molecular flexibility index (Phi) is 8.12. The van der Waals surface area contributed by atoms with Gasteiger partial charge in [0.05, 0.1) is 12.5 Å². The normalized spacial score (nSPS) is 12.9. The fourth-order valence-electron chi connectivity index (χ4n) is 3.82. The van der Waals surface area contributed by atoms with E-state index < -0.39 is 18.5 Å². The standard InChI is InChI=1S/C28H27NO6/c30-24(22-11-13-25-26(18-22)34-16-15-33-25)12-14-28(32)35-19-27(31)29-23(21-9-5-2-6-10-21)17-20-7-3-1-4-8-20/h1-11,13,18,23H,12,14-17,19H2,(H,29,31). The van der Waals surface area contributed by atoms with Gasteiger partial charge in [-0.15, -0.1) is 0 Å². The number of ether oxygens (including phenoxy) is 3. The van der Waals surface area contributed by atoms with Gasteiger partial charge in [0.1, 0.15) is 13.2 Å². The quantitative estimate of drug-likeness (QED) is 0.353. The van der Waals surface area contributed by atoms with Crippen LogP contribution in [0.2, 0.25) is 0 Å². The molecule has 0 aliphatic carbocycles. The summed E-state index contributed by atoms with van der Waals surface area (Å²) in [6, 6.07) is 24.2. The number of Topliss-reactive ketones (excluding diaryl/α,β-unsaturated/α-hetero) is 1. The molecule has 7 nitrogen and oxygen atoms in total. The molecule has 1 unspecified atom stereocenters. The monoisotopic (exact) mass is 473 g/mol. The molecule has 0 bridgehead atoms. The predicted octanol–water partition coefficient (Wildman–Crippen LogP) is 4.06. The average molecular weight is 474 g/mol. The fourth-order valence-corrected chi connectivity index (χ4v) is 3.82. The van der Waals surface area contributed by atoms with E-state index in [0.717, 1.165) is 11.1 Å². The van der Waals surface area contributed by atoms with Crippen molar-refractivity contribution < 1.29 is 28.6 Å². The van der Waals surface area contributed by atoms with Gasteiger partial charge in [0, 0.05) is 12.0 Å². The molecule has 0 saturated carbocycles. The molecular weight excluding hydrogens is 446 g/mol. The lowest BCUT2D eigenvalue weighted by Crippen LogP contribution is -2.33. The molecule has 1 aliphatic rings. The maximum Gasteiger partial charge on any atom is 0.306 e. The van der Waals surface area contributed by atoms with Gasteiger partial charge in [-0.25, -0.2) is 0 Å². The van der Waals surface area contributed by atoms with Crippen molar-refractivity contribution in [3.05, 3.63) is 95.6 Å². The minimum atomic E-state index is -0.606. The highest BCUT2D eigenvalue weighted by molar-refractivity contribution is 5.98. The topological polar surface area (TPSA) is 90.9 Å². The van der Waals surface area contributed by atoms with Crippen LogP contribution in [0.15, 0.2) is 78.9 Å². The number of benzene rings is 3. The second-order valence-corrected chi connectivity index (χ2v) is 8.16. The lowest BCUT2D eigenvalue weighted by atomic mass is 9.99. The molecule has 0 aromatic heterocycles. The van der Waals surface area contributed by atoms with Crippen LogP contribution in [-0.4, -0.2) is 37.5 Å². The van der Waals surface area contributed by atoms with Gasteiger partial charge in [0.25, 0.3) is 5.91 Å². The highest BCUT2D eigenvalue weighted by Crippen LogP contribution is 2.31. The van der Waals surface area contributed by atoms with Crippen LogP contribution >= 0.6 is 0 Å². The van der Waals surface area contributed by atoms with Crippen molar-refractivity contribution in [3.8, 4) is 11.5 Å². The van der Waals surface area contributed by atoms with Crippen LogP contribution in [0, 0.1) is 0 Å². The Balaban J connectivity index is 1.26. The second-order valence-electron chi connectivity index (χ2n) is 8.16. The first kappa shape index (κ1) is 24.0. The summed E-state index contributed by atoms with van der Waals surface area (Å²) in [6.45, 7) is 0.489. The minimum absolute atomic E-state index is 0.0270. The van der Waals surface area contributed by atoms with Crippen molar-refractivity contribution in [3.63, 3.8) is 0 Å². The van der Waals surface area contributed by atoms with Crippen LogP contribution in [0.3, 0.4) is 0 Å². The molecule has 180 valence electrons. The number of amides is 1. The Labute approximate surface area is 204 Å². The average Bonchev–Trinajstić information content (AvgIpc) is 2.91. The van der Waals surface area contributed by atoms with Crippen molar-refractivity contribution in [2.45, 2.75) is 25.3 Å². The number of rotatable bonds is 10. The third kappa shape index (κ3) is 6.93. The van der Waals surface area contributed by atoms with Gasteiger partial charge >= 0.3 is 5.97 Å². The number of ketones is 1. The number of hydrogen-bond donors (Lipinski definition) is 1. The van der Waals surface area contributed by atoms with Crippen molar-refractivity contribution >= 4 is 17.7 Å². The maximum atomic E-state index is 12.5. The van der Waals surface area contributed by atoms with Gasteiger partial charge in [-0.2, -0.15) is 0 Å². The van der Waals surface area contributed by atoms with Crippen LogP contribution in [-0.2, 0) is 20.7 Å². The molecule has 0 spiro atoms. The Morgan fingerprint density at radius 1 is 0.829 bits per heavy atom. The van der Waals surface area contributed by atoms with Gasteiger partial charge in [0.15, 0.2) is 23.9 Å². The summed E-state index contributed by atoms with van der Waals surface area (Å²) in [5, 5.41) is 2.95. The molecule has 0 saturated heterocycles. The summed E-state index contributed by atoms with van der Waals surface area (Å²) in [5.41, 5.74) is 2.48. The zero-order valence-electron chi connectivity index (χ0n) is 19.3. The lowest BCUT2D eigenvalue weighted by Gasteiger charge is -2.19. The van der Waals surface area contributed by atoms with E-state index in [1.807, 2.05) is 60.7 Å². The summed E-state index contributed by atoms with van der Waals surface area (Å²) in [5.74, 6) is -0.105. The van der Waals surface area contributed by atoms with E-state index in [1.54, 1.807) is 18.2 Å². The first-order valence-corrected chi connectivity index (χ1v) is 11.5. The molecule has 7 heteroatoms. The van der Waals surface area contributed by atoms with Crippen molar-refractivity contribution in [1.29, 1.82) is 0 Å². The highest BCUT2D eigenvalue weighted by atomic mass is 16.6. The molecule has 1 N–H and O–H groups in total. The summed E-state index contributed by atoms with van der Waals surface area (Å²) < 4.78 is 16.1. The van der Waals surface area contributed by atoms with E-state index in [2.05, 4.69) is 5.32 Å². The van der Waals surface area contributed by atoms with Gasteiger partial charge in [-0.1, -0.05) is 60.7 Å². The minimum Gasteiger partial charge on any atom is -0.486 e. The van der Waals surface area contributed by atoms with Crippen LogP contribution < -0.4 is 14.8 Å². The van der Waals surface area contributed by atoms with E-state index in [4.69, 9.17) is 14.2 Å². The summed E-state index contributed by atoms with van der Waals surface area (Å²) in [4.78, 5) is 37.2. The fraction of sp³-hybridized carbons (Fsp3) is 0.250. The Bertz CT molecular complexity index is 1160. The molecule has 0 radical (unpaired) electrons. The summed E-state index contributed by atoms with van der Waals surface area (Å²) in [7, 11) is 0. The molecular formula is C28H27NO6. The number of fused-ring (bicyclic) bond motifs is 1. The number of carbonyl (C=O) groups excluding carboxylic acids is 3. The van der Waals surface area contributed by atoms with E-state index in [9.17, 15) is 14.4 Å². The van der Waals surface area contributed by atoms with E-state index >= 15 is 0 Å². The predicted molar refractivity (Wildman–Crippen MR) is 129 cm³/mol. The molecule has 1 heterocycles. The first-order chi connectivity index (χ1) is 17.1. The molecule has 3 aromatic rings. The van der Waals surface area contributed by atoms with Crippen LogP contribution in [0.4, 0.5) is 0 Å². The maximum absolute atomic E-state index is 12.5. The number of nitrogens with one attached hydrogen (secondary N) is 1. The number of esters is 1. The van der Waals surface area contributed by atoms with Gasteiger partial charge < -0.3 is 19.5 Å². The molecule has 3 aromatic carbocycles. The Morgan fingerprint density at radius 3 is 2.26 bits per heavy atom. The Hall–Kier alpha value is -4.13. The van der Waals surface area contributed by atoms with Gasteiger partial charge in [0.2, 0.25) is 0 Å². The van der Waals surface area contributed by atoms with E-state index in [1.165, 1.54) is 0 Å². The van der Waals surface area contributed by atoms with Crippen molar-refractivity contribution in [2.24, 2.45) is 0 Å². The second kappa shape index (κ2) is 11.8. The smallest absolute Gasteiger partial charge is 0.306 e. The van der Waals surface area contributed by atoms with Crippen LogP contribution in [0.25, 0.3) is 0 Å². The third-order valence-electron chi connectivity index (χ3n) is 5.60. The SMILES string of the molecule is O=C(COC(=O)CCC(=O)c1ccc2c(c1)OCCO2)NC(Cc1ccccc1)c1ccccc1. The molecule has 1 amide bonds. The van der Waals surface area contributed by atoms with Gasteiger partial charge in [-0.05, 0) is 35.7 Å². The molecule has 0 fully saturated rings. The molecule has 4 rings (SSSR count). The molecule has 1 aliphatic heterocycles. The van der Waals surface area contributed by atoms with E-state index in [0.29, 0.717) is 36.7 Å². The zero-order chi connectivity index (χ0) is 24.5. The van der Waals surface area contributed by atoms with Gasteiger partial charge in [-0.3, -0.25) is 14.4 Å². The van der Waals surface area contributed by atoms with Crippen LogP contribution in [0.5, 0.6) is 11.5 Å². The van der Waals surface area contributed by atoms with Crippen LogP contribution in [0.1, 0.15) is 40.4 Å². The number of carbonyl (C=O) groups is 3. The van der Waals surface area contributed by atoms with Crippen molar-refractivity contribution in [1.82, 2.24) is 5.32 Å². The first-order valence-electron chi connectivity index (χ1n) is 11.5. The summed E-state index contributed by atoms with van der Waals surface area (Å²) >= 11 is 0. The molecule has 1 atom stereocenters. The lowest BCUT2D eigenvalue weighted by molar-refractivity contribution is -0.148. The largest absolute Gasteiger partial charge is 0.486 e. The Morgan fingerprint density at radius 2 is 1.51 bits per heavy atom. The highest BCUT2D eigenvalue weighted by Gasteiger charge is 2.18. The van der Waals surface area contributed by atoms with Crippen molar-refractivity contribution in [2.75, 3.05) is 19.8 Å². The third-order valence-corrected chi connectivity index (χ3v) is 5.60. The molecule has 35 heavy (non-hydrogen) atoms. The van der Waals surface area contributed by atoms with E-state index in [-0.39, 0.29) is 24.7 Å².